The highest BCUT2D eigenvalue weighted by Crippen LogP contribution is 2.35. The number of halogens is 2. The van der Waals surface area contributed by atoms with Crippen molar-refractivity contribution in [3.63, 3.8) is 0 Å². The molecule has 5 rings (SSSR count). The van der Waals surface area contributed by atoms with E-state index in [0.717, 1.165) is 50.5 Å². The largest absolute Gasteiger partial charge is 0.268 e. The Balaban J connectivity index is 1.65. The van der Waals surface area contributed by atoms with Gasteiger partial charge in [-0.05, 0) is 73.2 Å². The number of rotatable bonds is 4. The molecular formula is C23H18BrClN2OS2. The van der Waals surface area contributed by atoms with Crippen LogP contribution >= 0.6 is 50.6 Å². The van der Waals surface area contributed by atoms with Crippen molar-refractivity contribution in [1.29, 1.82) is 0 Å². The van der Waals surface area contributed by atoms with E-state index in [-0.39, 0.29) is 5.56 Å². The summed E-state index contributed by atoms with van der Waals surface area (Å²) in [6, 6.07) is 15.7. The number of hydrogen-bond donors (Lipinski definition) is 0. The second kappa shape index (κ2) is 8.50. The van der Waals surface area contributed by atoms with Crippen LogP contribution in [0.3, 0.4) is 0 Å². The smallest absolute Gasteiger partial charge is 0.267 e. The van der Waals surface area contributed by atoms with Gasteiger partial charge in [-0.3, -0.25) is 9.36 Å². The molecule has 7 heteroatoms. The van der Waals surface area contributed by atoms with Gasteiger partial charge >= 0.3 is 0 Å². The van der Waals surface area contributed by atoms with E-state index in [1.54, 1.807) is 27.7 Å². The van der Waals surface area contributed by atoms with Crippen LogP contribution in [-0.4, -0.2) is 9.55 Å². The van der Waals surface area contributed by atoms with Gasteiger partial charge < -0.3 is 0 Å². The normalized spacial score (nSPS) is 13.5. The first-order valence-electron chi connectivity index (χ1n) is 9.80. The summed E-state index contributed by atoms with van der Waals surface area (Å²) >= 11 is 12.9. The predicted octanol–water partition coefficient (Wildman–Crippen LogP) is 7.03. The lowest BCUT2D eigenvalue weighted by Gasteiger charge is -2.14. The zero-order valence-electron chi connectivity index (χ0n) is 16.0. The first-order chi connectivity index (χ1) is 14.6. The highest BCUT2D eigenvalue weighted by atomic mass is 79.9. The molecule has 152 valence electrons. The van der Waals surface area contributed by atoms with Crippen LogP contribution in [0.2, 0.25) is 5.02 Å². The topological polar surface area (TPSA) is 34.9 Å². The maximum Gasteiger partial charge on any atom is 0.267 e. The molecule has 0 unspecified atom stereocenters. The molecule has 1 aliphatic carbocycles. The van der Waals surface area contributed by atoms with Gasteiger partial charge in [0.25, 0.3) is 5.56 Å². The zero-order valence-corrected chi connectivity index (χ0v) is 20.0. The Hall–Kier alpha value is -1.60. The molecule has 0 atom stereocenters. The van der Waals surface area contributed by atoms with Crippen molar-refractivity contribution in [3.05, 3.63) is 84.4 Å². The summed E-state index contributed by atoms with van der Waals surface area (Å²) in [5.41, 5.74) is 3.23. The van der Waals surface area contributed by atoms with Crippen LogP contribution in [0.4, 0.5) is 0 Å². The third-order valence-corrected chi connectivity index (χ3v) is 8.30. The van der Waals surface area contributed by atoms with Crippen molar-refractivity contribution in [2.24, 2.45) is 0 Å². The monoisotopic (exact) mass is 516 g/mol. The second-order valence-electron chi connectivity index (χ2n) is 7.32. The van der Waals surface area contributed by atoms with E-state index in [0.29, 0.717) is 5.02 Å². The van der Waals surface area contributed by atoms with Crippen molar-refractivity contribution < 1.29 is 0 Å². The Kier molecular flexibility index (Phi) is 5.75. The Morgan fingerprint density at radius 1 is 1.07 bits per heavy atom. The SMILES string of the molecule is O=c1c2c3c(sc2nc(SCc2ccc(Br)cc2)n1-c1ccc(Cl)cc1)CCCC3. The summed E-state index contributed by atoms with van der Waals surface area (Å²) < 4.78 is 2.81. The van der Waals surface area contributed by atoms with Crippen molar-refractivity contribution >= 4 is 60.8 Å². The first-order valence-corrected chi connectivity index (χ1v) is 12.8. The number of thiophene rings is 1. The molecule has 2 aromatic heterocycles. The highest BCUT2D eigenvalue weighted by molar-refractivity contribution is 9.10. The average molecular weight is 518 g/mol. The maximum absolute atomic E-state index is 13.7. The summed E-state index contributed by atoms with van der Waals surface area (Å²) in [7, 11) is 0. The molecule has 0 amide bonds. The fourth-order valence-electron chi connectivity index (χ4n) is 3.83. The first kappa shape index (κ1) is 20.3. The van der Waals surface area contributed by atoms with Crippen LogP contribution in [0.25, 0.3) is 15.9 Å². The molecule has 0 spiro atoms. The maximum atomic E-state index is 13.7. The standard InChI is InChI=1S/C23H18BrClN2OS2/c24-15-7-5-14(6-8-15)13-29-23-26-21-20(18-3-1-2-4-19(18)30-21)22(28)27(23)17-11-9-16(25)10-12-17/h5-12H,1-4,13H2. The van der Waals surface area contributed by atoms with Gasteiger partial charge in [0.05, 0.1) is 11.1 Å². The van der Waals surface area contributed by atoms with Crippen LogP contribution in [0.5, 0.6) is 0 Å². The van der Waals surface area contributed by atoms with Gasteiger partial charge in [-0.1, -0.05) is 51.4 Å². The Labute approximate surface area is 196 Å². The van der Waals surface area contributed by atoms with E-state index in [1.165, 1.54) is 22.4 Å². The summed E-state index contributed by atoms with van der Waals surface area (Å²) in [4.78, 5) is 20.9. The minimum absolute atomic E-state index is 0.0278. The minimum Gasteiger partial charge on any atom is -0.268 e. The van der Waals surface area contributed by atoms with Crippen LogP contribution in [0, 0.1) is 0 Å². The number of hydrogen-bond acceptors (Lipinski definition) is 4. The molecule has 1 aliphatic rings. The van der Waals surface area contributed by atoms with Crippen molar-refractivity contribution in [3.8, 4) is 5.69 Å². The fraction of sp³-hybridized carbons (Fsp3) is 0.217. The molecule has 0 radical (unpaired) electrons. The fourth-order valence-corrected chi connectivity index (χ4v) is 6.49. The van der Waals surface area contributed by atoms with Gasteiger partial charge in [-0.2, -0.15) is 0 Å². The molecule has 0 N–H and O–H groups in total. The van der Waals surface area contributed by atoms with E-state index in [1.807, 2.05) is 36.4 Å². The van der Waals surface area contributed by atoms with Crippen LogP contribution < -0.4 is 5.56 Å². The molecule has 30 heavy (non-hydrogen) atoms. The zero-order chi connectivity index (χ0) is 20.7. The Morgan fingerprint density at radius 2 is 1.80 bits per heavy atom. The Bertz CT molecular complexity index is 1280. The van der Waals surface area contributed by atoms with Gasteiger partial charge in [0.1, 0.15) is 4.83 Å². The lowest BCUT2D eigenvalue weighted by Crippen LogP contribution is -2.22. The van der Waals surface area contributed by atoms with Gasteiger partial charge in [0.15, 0.2) is 5.16 Å². The molecule has 3 nitrogen and oxygen atoms in total. The van der Waals surface area contributed by atoms with Gasteiger partial charge in [0, 0.05) is 20.1 Å². The average Bonchev–Trinajstić information content (AvgIpc) is 3.13. The van der Waals surface area contributed by atoms with E-state index < -0.39 is 0 Å². The van der Waals surface area contributed by atoms with Crippen LogP contribution in [0.1, 0.15) is 28.8 Å². The number of aryl methyl sites for hydroxylation is 2. The van der Waals surface area contributed by atoms with E-state index in [2.05, 4.69) is 28.1 Å². The third-order valence-electron chi connectivity index (χ3n) is 5.32. The van der Waals surface area contributed by atoms with Crippen LogP contribution in [0.15, 0.2) is 63.0 Å². The van der Waals surface area contributed by atoms with Crippen molar-refractivity contribution in [1.82, 2.24) is 9.55 Å². The Morgan fingerprint density at radius 3 is 2.57 bits per heavy atom. The highest BCUT2D eigenvalue weighted by Gasteiger charge is 2.23. The minimum atomic E-state index is 0.0278. The molecule has 0 aliphatic heterocycles. The van der Waals surface area contributed by atoms with Gasteiger partial charge in [-0.25, -0.2) is 4.98 Å². The van der Waals surface area contributed by atoms with Gasteiger partial charge in [0.2, 0.25) is 0 Å². The summed E-state index contributed by atoms with van der Waals surface area (Å²) in [5.74, 6) is 0.740. The number of aromatic nitrogens is 2. The predicted molar refractivity (Wildman–Crippen MR) is 131 cm³/mol. The molecular weight excluding hydrogens is 500 g/mol. The summed E-state index contributed by atoms with van der Waals surface area (Å²) in [6.07, 6.45) is 4.35. The molecule has 0 saturated heterocycles. The molecule has 2 heterocycles. The number of thioether (sulfide) groups is 1. The van der Waals surface area contributed by atoms with E-state index >= 15 is 0 Å². The number of benzene rings is 2. The summed E-state index contributed by atoms with van der Waals surface area (Å²) in [6.45, 7) is 0. The van der Waals surface area contributed by atoms with Gasteiger partial charge in [-0.15, -0.1) is 11.3 Å². The van der Waals surface area contributed by atoms with Crippen LogP contribution in [-0.2, 0) is 18.6 Å². The van der Waals surface area contributed by atoms with E-state index in [4.69, 9.17) is 16.6 Å². The molecule has 2 aromatic carbocycles. The number of fused-ring (bicyclic) bond motifs is 3. The molecule has 0 fully saturated rings. The second-order valence-corrected chi connectivity index (χ2v) is 10.7. The molecule has 4 aromatic rings. The lowest BCUT2D eigenvalue weighted by atomic mass is 9.97. The van der Waals surface area contributed by atoms with E-state index in [9.17, 15) is 4.79 Å². The van der Waals surface area contributed by atoms with Crippen molar-refractivity contribution in [2.75, 3.05) is 0 Å². The molecule has 0 bridgehead atoms. The molecule has 0 saturated carbocycles. The third kappa shape index (κ3) is 3.86. The summed E-state index contributed by atoms with van der Waals surface area (Å²) in [5, 5.41) is 2.17. The van der Waals surface area contributed by atoms with Crippen molar-refractivity contribution in [2.45, 2.75) is 36.6 Å². The quantitative estimate of drug-likeness (QED) is 0.215. The lowest BCUT2D eigenvalue weighted by molar-refractivity contribution is 0.699. The number of nitrogens with zero attached hydrogens (tertiary/aromatic N) is 2.